The fourth-order valence-corrected chi connectivity index (χ4v) is 1.39. The van der Waals surface area contributed by atoms with Crippen molar-refractivity contribution < 1.29 is 18.6 Å². The van der Waals surface area contributed by atoms with E-state index in [0.717, 1.165) is 0 Å². The first-order valence-corrected chi connectivity index (χ1v) is 5.51. The molecule has 96 valence electrons. The number of aliphatic hydroxyl groups is 1. The minimum atomic E-state index is -2.81. The number of ether oxygens (including phenoxy) is 1. The Bertz CT molecular complexity index is 332. The Balaban J connectivity index is 2.46. The summed E-state index contributed by atoms with van der Waals surface area (Å²) in [6, 6.07) is 6.66. The van der Waals surface area contributed by atoms with Crippen LogP contribution in [0.25, 0.3) is 0 Å². The van der Waals surface area contributed by atoms with Crippen molar-refractivity contribution in [2.75, 3.05) is 6.54 Å². The minimum absolute atomic E-state index is 0.187. The molecule has 1 rings (SSSR count). The first-order valence-electron chi connectivity index (χ1n) is 5.51. The zero-order valence-electron chi connectivity index (χ0n) is 9.70. The Morgan fingerprint density at radius 2 is 2.06 bits per heavy atom. The average Bonchev–Trinajstić information content (AvgIpc) is 2.25. The molecule has 1 unspecified atom stereocenters. The van der Waals surface area contributed by atoms with Crippen LogP contribution < -0.4 is 10.1 Å². The van der Waals surface area contributed by atoms with Crippen LogP contribution in [-0.4, -0.2) is 24.4 Å². The van der Waals surface area contributed by atoms with Crippen molar-refractivity contribution in [3.05, 3.63) is 29.8 Å². The topological polar surface area (TPSA) is 41.5 Å². The lowest BCUT2D eigenvalue weighted by Crippen LogP contribution is -2.19. The van der Waals surface area contributed by atoms with E-state index in [0.29, 0.717) is 25.1 Å². The molecule has 0 aliphatic carbocycles. The number of rotatable bonds is 7. The third-order valence-corrected chi connectivity index (χ3v) is 2.24. The van der Waals surface area contributed by atoms with Crippen molar-refractivity contribution in [1.82, 2.24) is 5.32 Å². The summed E-state index contributed by atoms with van der Waals surface area (Å²) in [5, 5.41) is 12.1. The molecule has 0 heterocycles. The molecule has 0 bridgehead atoms. The van der Waals surface area contributed by atoms with Gasteiger partial charge in [-0.15, -0.1) is 0 Å². The van der Waals surface area contributed by atoms with Gasteiger partial charge >= 0.3 is 6.61 Å². The van der Waals surface area contributed by atoms with Crippen LogP contribution in [0.2, 0.25) is 0 Å². The van der Waals surface area contributed by atoms with Crippen LogP contribution in [0.3, 0.4) is 0 Å². The number of para-hydroxylation sites is 1. The van der Waals surface area contributed by atoms with E-state index in [1.165, 1.54) is 6.07 Å². The highest BCUT2D eigenvalue weighted by Crippen LogP contribution is 2.19. The second-order valence-corrected chi connectivity index (χ2v) is 3.80. The number of alkyl halides is 2. The summed E-state index contributed by atoms with van der Waals surface area (Å²) in [6.45, 7) is -0.0418. The molecule has 0 fully saturated rings. The van der Waals surface area contributed by atoms with Crippen molar-refractivity contribution in [3.8, 4) is 5.75 Å². The summed E-state index contributed by atoms with van der Waals surface area (Å²) in [4.78, 5) is 0. The SMILES string of the molecule is CC(O)CCNCc1ccccc1OC(F)F. The summed E-state index contributed by atoms with van der Waals surface area (Å²) in [5.41, 5.74) is 0.679. The minimum Gasteiger partial charge on any atom is -0.434 e. The van der Waals surface area contributed by atoms with Crippen LogP contribution in [-0.2, 0) is 6.54 Å². The Morgan fingerprint density at radius 3 is 2.71 bits per heavy atom. The number of hydrogen-bond donors (Lipinski definition) is 2. The van der Waals surface area contributed by atoms with Gasteiger partial charge in [-0.1, -0.05) is 18.2 Å². The van der Waals surface area contributed by atoms with Crippen molar-refractivity contribution in [1.29, 1.82) is 0 Å². The Hall–Kier alpha value is -1.20. The van der Waals surface area contributed by atoms with E-state index in [1.54, 1.807) is 25.1 Å². The lowest BCUT2D eigenvalue weighted by atomic mass is 10.2. The lowest BCUT2D eigenvalue weighted by Gasteiger charge is -2.11. The maximum atomic E-state index is 12.1. The monoisotopic (exact) mass is 245 g/mol. The van der Waals surface area contributed by atoms with E-state index in [-0.39, 0.29) is 11.9 Å². The van der Waals surface area contributed by atoms with Crippen molar-refractivity contribution in [2.24, 2.45) is 0 Å². The summed E-state index contributed by atoms with van der Waals surface area (Å²) < 4.78 is 28.6. The number of nitrogens with one attached hydrogen (secondary N) is 1. The second-order valence-electron chi connectivity index (χ2n) is 3.80. The molecular weight excluding hydrogens is 228 g/mol. The van der Waals surface area contributed by atoms with Crippen molar-refractivity contribution in [2.45, 2.75) is 32.6 Å². The molecular formula is C12H17F2NO2. The van der Waals surface area contributed by atoms with Gasteiger partial charge in [0.25, 0.3) is 0 Å². The van der Waals surface area contributed by atoms with Crippen molar-refractivity contribution >= 4 is 0 Å². The first kappa shape index (κ1) is 13.9. The Morgan fingerprint density at radius 1 is 1.35 bits per heavy atom. The fourth-order valence-electron chi connectivity index (χ4n) is 1.39. The van der Waals surface area contributed by atoms with Crippen LogP contribution in [0.5, 0.6) is 5.75 Å². The molecule has 0 aliphatic rings. The molecule has 0 spiro atoms. The molecule has 0 amide bonds. The third kappa shape index (κ3) is 5.60. The molecule has 0 saturated carbocycles. The van der Waals surface area contributed by atoms with Gasteiger partial charge < -0.3 is 15.2 Å². The maximum Gasteiger partial charge on any atom is 0.387 e. The zero-order chi connectivity index (χ0) is 12.7. The van der Waals surface area contributed by atoms with Gasteiger partial charge in [-0.3, -0.25) is 0 Å². The normalized spacial score (nSPS) is 12.8. The number of benzene rings is 1. The second kappa shape index (κ2) is 7.19. The molecule has 1 aromatic carbocycles. The number of aliphatic hydroxyl groups excluding tert-OH is 1. The highest BCUT2D eigenvalue weighted by molar-refractivity contribution is 5.33. The molecule has 2 N–H and O–H groups in total. The summed E-state index contributed by atoms with van der Waals surface area (Å²) in [5.74, 6) is 0.187. The molecule has 0 saturated heterocycles. The predicted molar refractivity (Wildman–Crippen MR) is 61.1 cm³/mol. The van der Waals surface area contributed by atoms with Gasteiger partial charge in [0.2, 0.25) is 0 Å². The Labute approximate surface area is 99.4 Å². The van der Waals surface area contributed by atoms with Crippen LogP contribution >= 0.6 is 0 Å². The van der Waals surface area contributed by atoms with Gasteiger partial charge in [0, 0.05) is 12.1 Å². The quantitative estimate of drug-likeness (QED) is 0.723. The summed E-state index contributed by atoms with van der Waals surface area (Å²) in [7, 11) is 0. The molecule has 0 radical (unpaired) electrons. The number of halogens is 2. The van der Waals surface area contributed by atoms with Gasteiger partial charge in [-0.2, -0.15) is 8.78 Å². The van der Waals surface area contributed by atoms with Gasteiger partial charge in [0.1, 0.15) is 5.75 Å². The highest BCUT2D eigenvalue weighted by Gasteiger charge is 2.08. The van der Waals surface area contributed by atoms with Crippen LogP contribution in [0.1, 0.15) is 18.9 Å². The smallest absolute Gasteiger partial charge is 0.387 e. The first-order chi connectivity index (χ1) is 8.09. The molecule has 1 atom stereocenters. The van der Waals surface area contributed by atoms with E-state index in [9.17, 15) is 8.78 Å². The molecule has 1 aromatic rings. The predicted octanol–water partition coefficient (Wildman–Crippen LogP) is 2.15. The van der Waals surface area contributed by atoms with E-state index < -0.39 is 6.61 Å². The van der Waals surface area contributed by atoms with Gasteiger partial charge in [0.15, 0.2) is 0 Å². The molecule has 0 aromatic heterocycles. The molecule has 0 aliphatic heterocycles. The molecule has 17 heavy (non-hydrogen) atoms. The zero-order valence-corrected chi connectivity index (χ0v) is 9.70. The Kier molecular flexibility index (Phi) is 5.86. The third-order valence-electron chi connectivity index (χ3n) is 2.24. The van der Waals surface area contributed by atoms with E-state index >= 15 is 0 Å². The molecule has 3 nitrogen and oxygen atoms in total. The maximum absolute atomic E-state index is 12.1. The fraction of sp³-hybridized carbons (Fsp3) is 0.500. The standard InChI is InChI=1S/C12H17F2NO2/c1-9(16)6-7-15-8-10-4-2-3-5-11(10)17-12(13)14/h2-5,9,12,15-16H,6-8H2,1H3. The largest absolute Gasteiger partial charge is 0.434 e. The van der Waals surface area contributed by atoms with Crippen LogP contribution in [0.4, 0.5) is 8.78 Å². The van der Waals surface area contributed by atoms with E-state index in [1.807, 2.05) is 0 Å². The summed E-state index contributed by atoms with van der Waals surface area (Å²) in [6.07, 6.45) is 0.257. The van der Waals surface area contributed by atoms with E-state index in [2.05, 4.69) is 10.1 Å². The highest BCUT2D eigenvalue weighted by atomic mass is 19.3. The summed E-state index contributed by atoms with van der Waals surface area (Å²) >= 11 is 0. The molecule has 5 heteroatoms. The van der Waals surface area contributed by atoms with Crippen LogP contribution in [0.15, 0.2) is 24.3 Å². The average molecular weight is 245 g/mol. The van der Waals surface area contributed by atoms with Gasteiger partial charge in [-0.25, -0.2) is 0 Å². The van der Waals surface area contributed by atoms with Crippen molar-refractivity contribution in [3.63, 3.8) is 0 Å². The van der Waals surface area contributed by atoms with Gasteiger partial charge in [0.05, 0.1) is 6.10 Å². The van der Waals surface area contributed by atoms with Crippen LogP contribution in [0, 0.1) is 0 Å². The van der Waals surface area contributed by atoms with E-state index in [4.69, 9.17) is 5.11 Å². The lowest BCUT2D eigenvalue weighted by molar-refractivity contribution is -0.0504. The number of hydrogen-bond acceptors (Lipinski definition) is 3. The van der Waals surface area contributed by atoms with Gasteiger partial charge in [-0.05, 0) is 26.0 Å².